The molecule has 0 aromatic carbocycles. The molecule has 2 aliphatic rings. The van der Waals surface area contributed by atoms with Gasteiger partial charge in [0.2, 0.25) is 0 Å². The zero-order valence-corrected chi connectivity index (χ0v) is 13.1. The number of nitrogens with zero attached hydrogens (tertiary/aromatic N) is 1. The minimum atomic E-state index is -0.130. The first-order valence-corrected chi connectivity index (χ1v) is 8.62. The van der Waals surface area contributed by atoms with E-state index < -0.39 is 0 Å². The van der Waals surface area contributed by atoms with Crippen LogP contribution < -0.4 is 5.73 Å². The van der Waals surface area contributed by atoms with Crippen LogP contribution in [0.25, 0.3) is 0 Å². The minimum Gasteiger partial charge on any atom is -0.319 e. The van der Waals surface area contributed by atoms with E-state index in [1.807, 2.05) is 11.3 Å². The predicted octanol–water partition coefficient (Wildman–Crippen LogP) is 4.27. The van der Waals surface area contributed by atoms with Gasteiger partial charge in [-0.25, -0.2) is 4.98 Å². The Kier molecular flexibility index (Phi) is 3.46. The summed E-state index contributed by atoms with van der Waals surface area (Å²) in [5.74, 6) is 0. The maximum atomic E-state index is 6.73. The fourth-order valence-electron chi connectivity index (χ4n) is 3.65. The number of nitrogens with two attached hydrogens (primary N) is 1. The predicted molar refractivity (Wildman–Crippen MR) is 81.6 cm³/mol. The second-order valence-electron chi connectivity index (χ2n) is 7.10. The van der Waals surface area contributed by atoms with Crippen LogP contribution in [0.5, 0.6) is 0 Å². The van der Waals surface area contributed by atoms with Crippen molar-refractivity contribution >= 4 is 11.3 Å². The van der Waals surface area contributed by atoms with Crippen LogP contribution in [-0.4, -0.2) is 4.98 Å². The average molecular weight is 278 g/mol. The van der Waals surface area contributed by atoms with E-state index in [1.165, 1.54) is 60.5 Å². The van der Waals surface area contributed by atoms with Crippen molar-refractivity contribution in [1.82, 2.24) is 4.98 Å². The molecule has 1 aromatic rings. The van der Waals surface area contributed by atoms with Crippen molar-refractivity contribution in [2.75, 3.05) is 0 Å². The maximum absolute atomic E-state index is 6.73. The van der Waals surface area contributed by atoms with Gasteiger partial charge in [-0.2, -0.15) is 0 Å². The van der Waals surface area contributed by atoms with E-state index in [-0.39, 0.29) is 11.0 Å². The first-order valence-electron chi connectivity index (χ1n) is 7.81. The topological polar surface area (TPSA) is 38.9 Å². The zero-order valence-electron chi connectivity index (χ0n) is 12.3. The Hall–Kier alpha value is -0.410. The number of aryl methyl sites for hydroxylation is 1. The van der Waals surface area contributed by atoms with Gasteiger partial charge < -0.3 is 5.73 Å². The molecule has 2 nitrogen and oxygen atoms in total. The summed E-state index contributed by atoms with van der Waals surface area (Å²) >= 11 is 1.92. The molecule has 19 heavy (non-hydrogen) atoms. The normalized spacial score (nSPS) is 25.6. The van der Waals surface area contributed by atoms with Crippen LogP contribution in [0, 0.1) is 0 Å². The van der Waals surface area contributed by atoms with Crippen LogP contribution >= 0.6 is 11.3 Å². The highest BCUT2D eigenvalue weighted by Crippen LogP contribution is 2.43. The summed E-state index contributed by atoms with van der Waals surface area (Å²) < 4.78 is 0. The van der Waals surface area contributed by atoms with E-state index in [9.17, 15) is 0 Å². The Morgan fingerprint density at radius 3 is 2.32 bits per heavy atom. The van der Waals surface area contributed by atoms with Crippen LogP contribution in [0.4, 0.5) is 0 Å². The first-order chi connectivity index (χ1) is 9.01. The van der Waals surface area contributed by atoms with E-state index in [0.29, 0.717) is 0 Å². The number of hydrogen-bond acceptors (Lipinski definition) is 3. The summed E-state index contributed by atoms with van der Waals surface area (Å²) in [4.78, 5) is 6.55. The van der Waals surface area contributed by atoms with Gasteiger partial charge in [0, 0.05) is 10.3 Å². The monoisotopic (exact) mass is 278 g/mol. The molecule has 2 aliphatic carbocycles. The van der Waals surface area contributed by atoms with Gasteiger partial charge in [-0.15, -0.1) is 11.3 Å². The molecular weight excluding hydrogens is 252 g/mol. The van der Waals surface area contributed by atoms with Crippen molar-refractivity contribution in [2.24, 2.45) is 5.73 Å². The molecule has 1 fully saturated rings. The summed E-state index contributed by atoms with van der Waals surface area (Å²) in [6.45, 7) is 4.68. The van der Waals surface area contributed by atoms with Crippen molar-refractivity contribution in [3.63, 3.8) is 0 Å². The van der Waals surface area contributed by atoms with Crippen molar-refractivity contribution in [3.8, 4) is 0 Å². The lowest BCUT2D eigenvalue weighted by Gasteiger charge is -2.28. The second kappa shape index (κ2) is 4.85. The largest absolute Gasteiger partial charge is 0.319 e. The lowest BCUT2D eigenvalue weighted by molar-refractivity contribution is 0.376. The number of aromatic nitrogens is 1. The Labute approximate surface area is 120 Å². The summed E-state index contributed by atoms with van der Waals surface area (Å²) in [6, 6.07) is 0. The molecule has 3 heteroatoms. The lowest BCUT2D eigenvalue weighted by Crippen LogP contribution is -2.36. The molecule has 3 rings (SSSR count). The Balaban J connectivity index is 1.95. The molecule has 2 N–H and O–H groups in total. The van der Waals surface area contributed by atoms with Gasteiger partial charge in [0.15, 0.2) is 0 Å². The number of rotatable bonds is 1. The first kappa shape index (κ1) is 13.6. The van der Waals surface area contributed by atoms with Crippen LogP contribution in [0.1, 0.15) is 80.8 Å². The van der Waals surface area contributed by atoms with Gasteiger partial charge in [0.25, 0.3) is 0 Å². The quantitative estimate of drug-likeness (QED) is 0.779. The van der Waals surface area contributed by atoms with Crippen LogP contribution in [-0.2, 0) is 17.4 Å². The van der Waals surface area contributed by atoms with Gasteiger partial charge in [0.05, 0.1) is 11.2 Å². The van der Waals surface area contributed by atoms with Crippen molar-refractivity contribution < 1.29 is 0 Å². The fraction of sp³-hybridized carbons (Fsp3) is 0.812. The minimum absolute atomic E-state index is 0.130. The molecule has 0 atom stereocenters. The van der Waals surface area contributed by atoms with E-state index in [0.717, 1.165) is 12.8 Å². The second-order valence-corrected chi connectivity index (χ2v) is 8.18. The van der Waals surface area contributed by atoms with Gasteiger partial charge in [-0.05, 0) is 32.1 Å². The molecule has 0 spiro atoms. The van der Waals surface area contributed by atoms with Crippen LogP contribution in [0.2, 0.25) is 0 Å². The van der Waals surface area contributed by atoms with E-state index >= 15 is 0 Å². The standard InChI is InChI=1S/C16H26N2S/c1-15(2)9-7-8-12-13(15)18-14(19-12)16(17)10-5-3-4-6-11-16/h3-11,17H2,1-2H3. The molecule has 1 saturated carbocycles. The summed E-state index contributed by atoms with van der Waals surface area (Å²) in [5, 5.41) is 1.23. The lowest BCUT2D eigenvalue weighted by atomic mass is 9.79. The molecule has 0 saturated heterocycles. The van der Waals surface area contributed by atoms with Crippen molar-refractivity contribution in [2.45, 2.75) is 82.6 Å². The maximum Gasteiger partial charge on any atom is 0.113 e. The third-order valence-corrected chi connectivity index (χ3v) is 6.30. The van der Waals surface area contributed by atoms with E-state index in [1.54, 1.807) is 0 Å². The highest BCUT2D eigenvalue weighted by atomic mass is 32.1. The van der Waals surface area contributed by atoms with Crippen LogP contribution in [0.15, 0.2) is 0 Å². The summed E-state index contributed by atoms with van der Waals surface area (Å²) in [7, 11) is 0. The summed E-state index contributed by atoms with van der Waals surface area (Å²) in [6.07, 6.45) is 11.3. The smallest absolute Gasteiger partial charge is 0.113 e. The van der Waals surface area contributed by atoms with Gasteiger partial charge >= 0.3 is 0 Å². The molecule has 1 heterocycles. The summed E-state index contributed by atoms with van der Waals surface area (Å²) in [5.41, 5.74) is 8.21. The van der Waals surface area contributed by atoms with Gasteiger partial charge in [0.1, 0.15) is 5.01 Å². The molecule has 0 bridgehead atoms. The average Bonchev–Trinajstić information content (AvgIpc) is 2.69. The number of fused-ring (bicyclic) bond motifs is 1. The Morgan fingerprint density at radius 2 is 1.68 bits per heavy atom. The third kappa shape index (κ3) is 2.47. The third-order valence-electron chi connectivity index (χ3n) is 4.97. The van der Waals surface area contributed by atoms with Gasteiger partial charge in [-0.3, -0.25) is 0 Å². The highest BCUT2D eigenvalue weighted by molar-refractivity contribution is 7.12. The highest BCUT2D eigenvalue weighted by Gasteiger charge is 2.37. The fourth-order valence-corrected chi connectivity index (χ4v) is 5.09. The van der Waals surface area contributed by atoms with E-state index in [2.05, 4.69) is 13.8 Å². The Morgan fingerprint density at radius 1 is 1.00 bits per heavy atom. The zero-order chi connectivity index (χ0) is 13.5. The van der Waals surface area contributed by atoms with E-state index in [4.69, 9.17) is 10.7 Å². The number of hydrogen-bond donors (Lipinski definition) is 1. The molecule has 0 aliphatic heterocycles. The molecule has 0 unspecified atom stereocenters. The Bertz CT molecular complexity index is 453. The van der Waals surface area contributed by atoms with Crippen LogP contribution in [0.3, 0.4) is 0 Å². The SMILES string of the molecule is CC1(C)CCCc2sc(C3(N)CCCCCC3)nc21. The molecular formula is C16H26N2S. The van der Waals surface area contributed by atoms with Crippen molar-refractivity contribution in [3.05, 3.63) is 15.6 Å². The molecule has 0 radical (unpaired) electrons. The van der Waals surface area contributed by atoms with Gasteiger partial charge in [-0.1, -0.05) is 39.5 Å². The van der Waals surface area contributed by atoms with Crippen molar-refractivity contribution in [1.29, 1.82) is 0 Å². The number of thiazole rings is 1. The molecule has 1 aromatic heterocycles. The molecule has 106 valence electrons. The molecule has 0 amide bonds.